The fraction of sp³-hybridized carbons (Fsp3) is 0.300. The van der Waals surface area contributed by atoms with Gasteiger partial charge < -0.3 is 20.4 Å². The molecule has 3 N–H and O–H groups in total. The number of hydrogen-bond donors (Lipinski definition) is 3. The van der Waals surface area contributed by atoms with Gasteiger partial charge in [0.2, 0.25) is 5.91 Å². The Labute approximate surface area is 161 Å². The Hall–Kier alpha value is -2.64. The third-order valence-corrected chi connectivity index (χ3v) is 5.16. The molecule has 0 fully saturated rings. The van der Waals surface area contributed by atoms with E-state index in [1.165, 1.54) is 11.3 Å². The lowest BCUT2D eigenvalue weighted by Gasteiger charge is -2.18. The van der Waals surface area contributed by atoms with E-state index in [9.17, 15) is 9.59 Å². The van der Waals surface area contributed by atoms with Crippen molar-refractivity contribution in [2.24, 2.45) is 0 Å². The lowest BCUT2D eigenvalue weighted by atomic mass is 10.0. The van der Waals surface area contributed by atoms with E-state index in [1.54, 1.807) is 13.2 Å². The van der Waals surface area contributed by atoms with Crippen LogP contribution in [0.3, 0.4) is 0 Å². The topological polar surface area (TPSA) is 83.2 Å². The highest BCUT2D eigenvalue weighted by Crippen LogP contribution is 2.19. The molecule has 2 amide bonds. The number of thiophene rings is 1. The maximum atomic E-state index is 12.7. The van der Waals surface area contributed by atoms with Crippen molar-refractivity contribution in [2.45, 2.75) is 18.9 Å². The molecule has 0 aliphatic carbocycles. The van der Waals surface area contributed by atoms with E-state index in [1.807, 2.05) is 41.9 Å². The van der Waals surface area contributed by atoms with E-state index >= 15 is 0 Å². The van der Waals surface area contributed by atoms with Crippen molar-refractivity contribution in [2.75, 3.05) is 20.3 Å². The zero-order chi connectivity index (χ0) is 19.1. The Morgan fingerprint density at radius 2 is 2.07 bits per heavy atom. The normalized spacial score (nSPS) is 12.0. The molecular formula is C20H23N3O3S. The van der Waals surface area contributed by atoms with Crippen molar-refractivity contribution in [3.63, 3.8) is 0 Å². The second-order valence-electron chi connectivity index (χ2n) is 6.20. The maximum absolute atomic E-state index is 12.7. The summed E-state index contributed by atoms with van der Waals surface area (Å²) in [5, 5.41) is 8.66. The van der Waals surface area contributed by atoms with Gasteiger partial charge >= 0.3 is 0 Å². The van der Waals surface area contributed by atoms with Crippen molar-refractivity contribution in [3.05, 3.63) is 58.4 Å². The van der Waals surface area contributed by atoms with E-state index in [4.69, 9.17) is 4.74 Å². The van der Waals surface area contributed by atoms with Crippen LogP contribution in [0.5, 0.6) is 0 Å². The van der Waals surface area contributed by atoms with E-state index < -0.39 is 6.04 Å². The minimum absolute atomic E-state index is 0.193. The molecule has 142 valence electrons. The van der Waals surface area contributed by atoms with Crippen molar-refractivity contribution in [3.8, 4) is 0 Å². The number of hydrogen-bond acceptors (Lipinski definition) is 4. The second kappa shape index (κ2) is 9.34. The van der Waals surface area contributed by atoms with Crippen LogP contribution >= 0.6 is 11.3 Å². The van der Waals surface area contributed by atoms with E-state index in [2.05, 4.69) is 15.6 Å². The van der Waals surface area contributed by atoms with Gasteiger partial charge in [0, 0.05) is 43.8 Å². The number of methoxy groups -OCH3 is 1. The average molecular weight is 385 g/mol. The summed E-state index contributed by atoms with van der Waals surface area (Å²) < 4.78 is 5.01. The fourth-order valence-corrected chi connectivity index (χ4v) is 3.54. The summed E-state index contributed by atoms with van der Waals surface area (Å²) in [6.45, 7) is 1.08. The molecule has 6 nitrogen and oxygen atoms in total. The smallest absolute Gasteiger partial charge is 0.262 e. The van der Waals surface area contributed by atoms with Gasteiger partial charge in [-0.3, -0.25) is 9.59 Å². The van der Waals surface area contributed by atoms with Crippen LogP contribution in [0.2, 0.25) is 0 Å². The van der Waals surface area contributed by atoms with Crippen LogP contribution in [-0.2, 0) is 16.0 Å². The van der Waals surface area contributed by atoms with Gasteiger partial charge in [-0.1, -0.05) is 24.3 Å². The molecular weight excluding hydrogens is 362 g/mol. The van der Waals surface area contributed by atoms with Crippen LogP contribution in [0.4, 0.5) is 0 Å². The number of aromatic nitrogens is 1. The molecule has 0 unspecified atom stereocenters. The Balaban J connectivity index is 1.74. The number of nitrogens with one attached hydrogen (secondary N) is 3. The number of rotatable bonds is 9. The summed E-state index contributed by atoms with van der Waals surface area (Å²) in [6, 6.07) is 10.8. The molecule has 27 heavy (non-hydrogen) atoms. The Morgan fingerprint density at radius 3 is 2.85 bits per heavy atom. The molecule has 2 heterocycles. The Morgan fingerprint density at radius 1 is 1.22 bits per heavy atom. The standard InChI is InChI=1S/C20H23N3O3S/c1-26-10-5-9-21-19(24)17(23-20(25)18-8-4-11-27-18)12-14-13-22-16-7-3-2-6-15(14)16/h2-4,6-8,11,13,17,22H,5,9-10,12H2,1H3,(H,21,24)(H,23,25)/t17-/m0/s1. The first-order chi connectivity index (χ1) is 13.2. The molecule has 2 aromatic heterocycles. The number of carbonyl (C=O) groups is 2. The molecule has 0 saturated carbocycles. The van der Waals surface area contributed by atoms with Crippen LogP contribution < -0.4 is 10.6 Å². The number of amides is 2. The van der Waals surface area contributed by atoms with E-state index in [0.717, 1.165) is 22.9 Å². The first kappa shape index (κ1) is 19.1. The number of H-pyrrole nitrogens is 1. The number of carbonyl (C=O) groups excluding carboxylic acids is 2. The van der Waals surface area contributed by atoms with Gasteiger partial charge in [-0.2, -0.15) is 0 Å². The molecule has 7 heteroatoms. The van der Waals surface area contributed by atoms with Gasteiger partial charge in [-0.15, -0.1) is 11.3 Å². The van der Waals surface area contributed by atoms with Gasteiger partial charge in [0.25, 0.3) is 5.91 Å². The van der Waals surface area contributed by atoms with Crippen molar-refractivity contribution < 1.29 is 14.3 Å². The van der Waals surface area contributed by atoms with Crippen molar-refractivity contribution >= 4 is 34.1 Å². The van der Waals surface area contributed by atoms with Crippen molar-refractivity contribution in [1.29, 1.82) is 0 Å². The molecule has 3 aromatic rings. The maximum Gasteiger partial charge on any atom is 0.262 e. The summed E-state index contributed by atoms with van der Waals surface area (Å²) in [6.07, 6.45) is 3.03. The van der Waals surface area contributed by atoms with Crippen LogP contribution in [0, 0.1) is 0 Å². The highest BCUT2D eigenvalue weighted by molar-refractivity contribution is 7.12. The largest absolute Gasteiger partial charge is 0.385 e. The molecule has 1 atom stereocenters. The van der Waals surface area contributed by atoms with E-state index in [-0.39, 0.29) is 11.8 Å². The minimum atomic E-state index is -0.652. The molecule has 1 aromatic carbocycles. The third kappa shape index (κ3) is 4.96. The summed E-state index contributed by atoms with van der Waals surface area (Å²) in [7, 11) is 1.63. The summed E-state index contributed by atoms with van der Waals surface area (Å²) >= 11 is 1.35. The first-order valence-electron chi connectivity index (χ1n) is 8.85. The van der Waals surface area contributed by atoms with E-state index in [0.29, 0.717) is 24.4 Å². The molecule has 0 bridgehead atoms. The first-order valence-corrected chi connectivity index (χ1v) is 9.73. The quantitative estimate of drug-likeness (QED) is 0.495. The SMILES string of the molecule is COCCCNC(=O)[C@H](Cc1c[nH]c2ccccc12)NC(=O)c1cccs1. The lowest BCUT2D eigenvalue weighted by Crippen LogP contribution is -2.48. The molecule has 0 aliphatic rings. The summed E-state index contributed by atoms with van der Waals surface area (Å²) in [5.74, 6) is -0.428. The molecule has 0 spiro atoms. The summed E-state index contributed by atoms with van der Waals surface area (Å²) in [4.78, 5) is 29.0. The third-order valence-electron chi connectivity index (χ3n) is 4.29. The zero-order valence-corrected chi connectivity index (χ0v) is 16.0. The predicted octanol–water partition coefficient (Wildman–Crippen LogP) is 2.72. The predicted molar refractivity (Wildman–Crippen MR) is 107 cm³/mol. The van der Waals surface area contributed by atoms with Crippen LogP contribution in [0.1, 0.15) is 21.7 Å². The molecule has 0 saturated heterocycles. The molecule has 0 radical (unpaired) electrons. The zero-order valence-electron chi connectivity index (χ0n) is 15.2. The molecule has 0 aliphatic heterocycles. The van der Waals surface area contributed by atoms with Crippen LogP contribution in [0.15, 0.2) is 48.0 Å². The van der Waals surface area contributed by atoms with Gasteiger partial charge in [-0.05, 0) is 29.5 Å². The number of para-hydroxylation sites is 1. The van der Waals surface area contributed by atoms with Gasteiger partial charge in [0.15, 0.2) is 0 Å². The Bertz CT molecular complexity index is 889. The minimum Gasteiger partial charge on any atom is -0.385 e. The van der Waals surface area contributed by atoms with Gasteiger partial charge in [-0.25, -0.2) is 0 Å². The highest BCUT2D eigenvalue weighted by atomic mass is 32.1. The number of benzene rings is 1. The fourth-order valence-electron chi connectivity index (χ4n) is 2.92. The number of ether oxygens (including phenoxy) is 1. The van der Waals surface area contributed by atoms with Crippen molar-refractivity contribution in [1.82, 2.24) is 15.6 Å². The van der Waals surface area contributed by atoms with Gasteiger partial charge in [0.1, 0.15) is 6.04 Å². The average Bonchev–Trinajstić information content (AvgIpc) is 3.35. The Kier molecular flexibility index (Phi) is 6.62. The number of aromatic amines is 1. The number of fused-ring (bicyclic) bond motifs is 1. The summed E-state index contributed by atoms with van der Waals surface area (Å²) in [5.41, 5.74) is 2.01. The van der Waals surface area contributed by atoms with Crippen LogP contribution in [-0.4, -0.2) is 43.1 Å². The van der Waals surface area contributed by atoms with Gasteiger partial charge in [0.05, 0.1) is 4.88 Å². The van der Waals surface area contributed by atoms with Crippen LogP contribution in [0.25, 0.3) is 10.9 Å². The monoisotopic (exact) mass is 385 g/mol. The highest BCUT2D eigenvalue weighted by Gasteiger charge is 2.23. The molecule has 3 rings (SSSR count). The lowest BCUT2D eigenvalue weighted by molar-refractivity contribution is -0.123. The second-order valence-corrected chi connectivity index (χ2v) is 7.15.